The molecule has 0 N–H and O–H groups in total. The normalized spacial score (nSPS) is 18.2. The van der Waals surface area contributed by atoms with Crippen LogP contribution in [0.2, 0.25) is 0 Å². The molecule has 1 aromatic rings. The molecule has 1 fully saturated rings. The lowest BCUT2D eigenvalue weighted by Gasteiger charge is -2.19. The van der Waals surface area contributed by atoms with Gasteiger partial charge in [0.1, 0.15) is 0 Å². The number of anilines is 1. The molecule has 0 aliphatic carbocycles. The molecule has 0 aromatic heterocycles. The van der Waals surface area contributed by atoms with Crippen molar-refractivity contribution in [2.24, 2.45) is 0 Å². The number of amides is 2. The molecule has 1 aliphatic heterocycles. The topological polar surface area (TPSA) is 40.6 Å². The minimum atomic E-state index is -0.197. The van der Waals surface area contributed by atoms with Crippen LogP contribution in [-0.2, 0) is 4.79 Å². The summed E-state index contributed by atoms with van der Waals surface area (Å²) in [5, 5.41) is -0.186. The Morgan fingerprint density at radius 1 is 1.36 bits per heavy atom. The highest BCUT2D eigenvalue weighted by molar-refractivity contribution is 9.10. The summed E-state index contributed by atoms with van der Waals surface area (Å²) in [5.41, 5.74) is 1.96. The summed E-state index contributed by atoms with van der Waals surface area (Å²) in [6.45, 7) is 3.86. The molecule has 4 nitrogen and oxygen atoms in total. The predicted molar refractivity (Wildman–Crippen MR) is 96.0 cm³/mol. The highest BCUT2D eigenvalue weighted by atomic mass is 79.9. The van der Waals surface area contributed by atoms with Gasteiger partial charge in [-0.1, -0.05) is 13.0 Å². The van der Waals surface area contributed by atoms with Crippen molar-refractivity contribution in [2.75, 3.05) is 19.0 Å². The summed E-state index contributed by atoms with van der Waals surface area (Å²) in [6.07, 6.45) is 2.53. The molecule has 1 saturated heterocycles. The van der Waals surface area contributed by atoms with Gasteiger partial charge in [-0.3, -0.25) is 14.5 Å². The van der Waals surface area contributed by atoms with Gasteiger partial charge in [0.2, 0.25) is 0 Å². The third-order valence-corrected chi connectivity index (χ3v) is 5.13. The molecule has 1 aliphatic rings. The Balaban J connectivity index is 2.29. The molecule has 0 unspecified atom stereocenters. The van der Waals surface area contributed by atoms with Crippen LogP contribution in [-0.4, -0.2) is 36.2 Å². The first kappa shape index (κ1) is 17.1. The minimum absolute atomic E-state index is 0.0683. The molecule has 0 bridgehead atoms. The van der Waals surface area contributed by atoms with E-state index >= 15 is 0 Å². The molecule has 22 heavy (non-hydrogen) atoms. The van der Waals surface area contributed by atoms with Gasteiger partial charge in [0.25, 0.3) is 11.1 Å². The lowest BCUT2D eigenvalue weighted by Crippen LogP contribution is -2.36. The first-order valence-electron chi connectivity index (χ1n) is 7.09. The number of halogens is 1. The summed E-state index contributed by atoms with van der Waals surface area (Å²) in [5.74, 6) is -0.197. The van der Waals surface area contributed by atoms with E-state index in [1.54, 1.807) is 6.08 Å². The fourth-order valence-electron chi connectivity index (χ4n) is 2.17. The average molecular weight is 383 g/mol. The van der Waals surface area contributed by atoms with Crippen LogP contribution < -0.4 is 4.90 Å². The van der Waals surface area contributed by atoms with Gasteiger partial charge in [0, 0.05) is 24.6 Å². The third kappa shape index (κ3) is 3.38. The summed E-state index contributed by atoms with van der Waals surface area (Å²) in [6, 6.07) is 5.81. The lowest BCUT2D eigenvalue weighted by atomic mass is 10.1. The molecule has 0 saturated carbocycles. The van der Waals surface area contributed by atoms with E-state index in [9.17, 15) is 9.59 Å². The molecule has 1 atom stereocenters. The minimum Gasteiger partial charge on any atom is -0.377 e. The van der Waals surface area contributed by atoms with E-state index in [1.165, 1.54) is 4.90 Å². The van der Waals surface area contributed by atoms with Gasteiger partial charge >= 0.3 is 0 Å². The summed E-state index contributed by atoms with van der Waals surface area (Å²) in [4.78, 5) is 28.2. The number of imide groups is 1. The van der Waals surface area contributed by atoms with Crippen LogP contribution in [0.4, 0.5) is 10.5 Å². The molecule has 2 rings (SSSR count). The van der Waals surface area contributed by atoms with E-state index in [1.807, 2.05) is 51.0 Å². The SMILES string of the molecule is CC[C@@H](C)N1C(=O)S/C(=C/c2ccc(N(C)C)c(Br)c2)C1=O. The first-order chi connectivity index (χ1) is 10.3. The second-order valence-electron chi connectivity index (χ2n) is 5.41. The highest BCUT2D eigenvalue weighted by Gasteiger charge is 2.37. The van der Waals surface area contributed by atoms with E-state index < -0.39 is 0 Å². The number of carbonyl (C=O) groups is 2. The fraction of sp³-hybridized carbons (Fsp3) is 0.375. The molecule has 1 aromatic carbocycles. The van der Waals surface area contributed by atoms with Crippen LogP contribution >= 0.6 is 27.7 Å². The Bertz CT molecular complexity index is 643. The number of hydrogen-bond acceptors (Lipinski definition) is 4. The maximum Gasteiger partial charge on any atom is 0.293 e. The zero-order valence-corrected chi connectivity index (χ0v) is 15.5. The van der Waals surface area contributed by atoms with E-state index in [0.717, 1.165) is 33.9 Å². The van der Waals surface area contributed by atoms with Crippen molar-refractivity contribution in [2.45, 2.75) is 26.3 Å². The summed E-state index contributed by atoms with van der Waals surface area (Å²) in [7, 11) is 3.94. The van der Waals surface area contributed by atoms with Crippen LogP contribution in [0.3, 0.4) is 0 Å². The Morgan fingerprint density at radius 2 is 2.05 bits per heavy atom. The van der Waals surface area contributed by atoms with E-state index in [2.05, 4.69) is 15.9 Å². The van der Waals surface area contributed by atoms with Gasteiger partial charge < -0.3 is 4.90 Å². The number of thioether (sulfide) groups is 1. The van der Waals surface area contributed by atoms with Crippen molar-refractivity contribution >= 4 is 50.6 Å². The third-order valence-electron chi connectivity index (χ3n) is 3.61. The fourth-order valence-corrected chi connectivity index (χ4v) is 3.85. The molecule has 6 heteroatoms. The van der Waals surface area contributed by atoms with Crippen LogP contribution in [0.15, 0.2) is 27.6 Å². The summed E-state index contributed by atoms with van der Waals surface area (Å²) >= 11 is 4.54. The molecule has 0 radical (unpaired) electrons. The van der Waals surface area contributed by atoms with Crippen molar-refractivity contribution in [1.29, 1.82) is 0 Å². The molecular formula is C16H19BrN2O2S. The van der Waals surface area contributed by atoms with Crippen molar-refractivity contribution < 1.29 is 9.59 Å². The van der Waals surface area contributed by atoms with Gasteiger partial charge in [-0.15, -0.1) is 0 Å². The van der Waals surface area contributed by atoms with E-state index in [0.29, 0.717) is 4.91 Å². The van der Waals surface area contributed by atoms with E-state index in [4.69, 9.17) is 0 Å². The zero-order chi connectivity index (χ0) is 16.4. The lowest BCUT2D eigenvalue weighted by molar-refractivity contribution is -0.124. The Morgan fingerprint density at radius 3 is 2.59 bits per heavy atom. The number of carbonyl (C=O) groups excluding carboxylic acids is 2. The van der Waals surface area contributed by atoms with Crippen LogP contribution in [0, 0.1) is 0 Å². The predicted octanol–water partition coefficient (Wildman–Crippen LogP) is 4.35. The van der Waals surface area contributed by atoms with Crippen molar-refractivity contribution in [3.8, 4) is 0 Å². The van der Waals surface area contributed by atoms with Gasteiger partial charge in [-0.2, -0.15) is 0 Å². The van der Waals surface area contributed by atoms with Gasteiger partial charge in [0.05, 0.1) is 10.6 Å². The van der Waals surface area contributed by atoms with Crippen molar-refractivity contribution in [3.05, 3.63) is 33.1 Å². The largest absolute Gasteiger partial charge is 0.377 e. The number of nitrogens with zero attached hydrogens (tertiary/aromatic N) is 2. The Hall–Kier alpha value is -1.27. The van der Waals surface area contributed by atoms with Gasteiger partial charge in [-0.25, -0.2) is 0 Å². The van der Waals surface area contributed by atoms with Crippen molar-refractivity contribution in [1.82, 2.24) is 4.90 Å². The van der Waals surface area contributed by atoms with Crippen LogP contribution in [0.1, 0.15) is 25.8 Å². The standard InChI is InChI=1S/C16H19BrN2O2S/c1-5-10(2)19-15(20)14(22-16(19)21)9-11-6-7-13(18(3)4)12(17)8-11/h6-10H,5H2,1-4H3/b14-9+/t10-/m1/s1. The van der Waals surface area contributed by atoms with E-state index in [-0.39, 0.29) is 17.2 Å². The van der Waals surface area contributed by atoms with Crippen LogP contribution in [0.5, 0.6) is 0 Å². The molecular weight excluding hydrogens is 364 g/mol. The highest BCUT2D eigenvalue weighted by Crippen LogP contribution is 2.35. The molecule has 2 amide bonds. The number of benzene rings is 1. The quantitative estimate of drug-likeness (QED) is 0.725. The average Bonchev–Trinajstić information content (AvgIpc) is 2.72. The zero-order valence-electron chi connectivity index (χ0n) is 13.1. The molecule has 118 valence electrons. The molecule has 0 spiro atoms. The smallest absolute Gasteiger partial charge is 0.293 e. The molecule has 1 heterocycles. The Kier molecular flexibility index (Phi) is 5.34. The summed E-state index contributed by atoms with van der Waals surface area (Å²) < 4.78 is 0.951. The number of hydrogen-bond donors (Lipinski definition) is 0. The number of rotatable bonds is 4. The van der Waals surface area contributed by atoms with Gasteiger partial charge in [-0.05, 0) is 64.8 Å². The van der Waals surface area contributed by atoms with Crippen molar-refractivity contribution in [3.63, 3.8) is 0 Å². The second-order valence-corrected chi connectivity index (χ2v) is 7.26. The van der Waals surface area contributed by atoms with Crippen LogP contribution in [0.25, 0.3) is 6.08 Å². The first-order valence-corrected chi connectivity index (χ1v) is 8.70. The monoisotopic (exact) mass is 382 g/mol. The maximum absolute atomic E-state index is 12.4. The maximum atomic E-state index is 12.4. The van der Waals surface area contributed by atoms with Gasteiger partial charge in [0.15, 0.2) is 0 Å². The Labute approximate surface area is 143 Å². The second kappa shape index (κ2) is 6.87.